The zero-order chi connectivity index (χ0) is 13.6. The van der Waals surface area contributed by atoms with Gasteiger partial charge < -0.3 is 4.57 Å². The average Bonchev–Trinajstić information content (AvgIpc) is 3.00. The largest absolute Gasteiger partial charge is 0.306 e. The molecule has 0 saturated carbocycles. The number of halogens is 1. The van der Waals surface area contributed by atoms with Gasteiger partial charge in [0.1, 0.15) is 11.3 Å². The highest BCUT2D eigenvalue weighted by atomic mass is 35.5. The molecular weight excluding hydrogens is 280 g/mol. The summed E-state index contributed by atoms with van der Waals surface area (Å²) in [5.41, 5.74) is 2.93. The van der Waals surface area contributed by atoms with Crippen molar-refractivity contribution in [3.63, 3.8) is 0 Å². The molecule has 0 amide bonds. The number of aromatic nitrogens is 4. The topological polar surface area (TPSA) is 35.6 Å². The van der Waals surface area contributed by atoms with Crippen molar-refractivity contribution in [1.82, 2.24) is 19.3 Å². The van der Waals surface area contributed by atoms with E-state index in [2.05, 4.69) is 32.2 Å². The van der Waals surface area contributed by atoms with Crippen molar-refractivity contribution in [3.8, 4) is 0 Å². The lowest BCUT2D eigenvalue weighted by Gasteiger charge is -2.09. The van der Waals surface area contributed by atoms with E-state index in [9.17, 15) is 0 Å². The molecule has 1 unspecified atom stereocenters. The maximum absolute atomic E-state index is 6.27. The molecule has 100 valence electrons. The third kappa shape index (κ3) is 2.07. The Morgan fingerprint density at radius 2 is 2.26 bits per heavy atom. The van der Waals surface area contributed by atoms with Crippen LogP contribution >= 0.6 is 22.9 Å². The Kier molecular flexibility index (Phi) is 3.11. The van der Waals surface area contributed by atoms with E-state index < -0.39 is 0 Å². The molecule has 0 N–H and O–H groups in total. The second-order valence-electron chi connectivity index (χ2n) is 4.63. The highest BCUT2D eigenvalue weighted by Gasteiger charge is 2.20. The first-order valence-electron chi connectivity index (χ1n) is 6.14. The van der Waals surface area contributed by atoms with Crippen molar-refractivity contribution < 1.29 is 0 Å². The van der Waals surface area contributed by atoms with E-state index in [0.717, 1.165) is 29.2 Å². The Morgan fingerprint density at radius 3 is 2.89 bits per heavy atom. The Morgan fingerprint density at radius 1 is 1.47 bits per heavy atom. The van der Waals surface area contributed by atoms with Gasteiger partial charge in [0, 0.05) is 11.9 Å². The summed E-state index contributed by atoms with van der Waals surface area (Å²) in [6.45, 7) is 4.73. The molecule has 0 aromatic carbocycles. The number of hydrogen-bond acceptors (Lipinski definition) is 3. The lowest BCUT2D eigenvalue weighted by atomic mass is 10.4. The maximum Gasteiger partial charge on any atom is 0.159 e. The quantitative estimate of drug-likeness (QED) is 0.693. The molecule has 3 aromatic rings. The van der Waals surface area contributed by atoms with Crippen molar-refractivity contribution in [1.29, 1.82) is 0 Å². The summed E-state index contributed by atoms with van der Waals surface area (Å²) in [6.07, 6.45) is 0. The van der Waals surface area contributed by atoms with Crippen LogP contribution < -0.4 is 0 Å². The predicted octanol–water partition coefficient (Wildman–Crippen LogP) is 3.49. The van der Waals surface area contributed by atoms with Gasteiger partial charge in [-0.3, -0.25) is 4.68 Å². The Hall–Kier alpha value is -1.33. The average molecular weight is 295 g/mol. The maximum atomic E-state index is 6.27. The van der Waals surface area contributed by atoms with E-state index >= 15 is 0 Å². The van der Waals surface area contributed by atoms with Gasteiger partial charge in [0.25, 0.3) is 0 Å². The zero-order valence-electron chi connectivity index (χ0n) is 11.1. The van der Waals surface area contributed by atoms with Crippen molar-refractivity contribution in [3.05, 3.63) is 33.9 Å². The van der Waals surface area contributed by atoms with Crippen molar-refractivity contribution >= 4 is 34.1 Å². The standard InChI is InChI=1S/C13H15ClN4S/c1-8(14)12-15-11-9(2)16-17(3)13(11)18(12)7-10-5-4-6-19-10/h4-6,8H,7H2,1-3H3. The lowest BCUT2D eigenvalue weighted by Crippen LogP contribution is -2.08. The highest BCUT2D eigenvalue weighted by Crippen LogP contribution is 2.27. The van der Waals surface area contributed by atoms with E-state index in [1.54, 1.807) is 11.3 Å². The molecule has 6 heteroatoms. The molecule has 0 bridgehead atoms. The second-order valence-corrected chi connectivity index (χ2v) is 6.32. The first-order chi connectivity index (χ1) is 9.08. The molecule has 3 rings (SSSR count). The normalized spacial score (nSPS) is 13.3. The van der Waals surface area contributed by atoms with Gasteiger partial charge in [-0.25, -0.2) is 4.98 Å². The molecule has 0 aliphatic carbocycles. The first kappa shape index (κ1) is 12.7. The van der Waals surface area contributed by atoms with Gasteiger partial charge in [0.2, 0.25) is 0 Å². The number of imidazole rings is 1. The lowest BCUT2D eigenvalue weighted by molar-refractivity contribution is 0.691. The second kappa shape index (κ2) is 4.65. The monoisotopic (exact) mass is 294 g/mol. The first-order valence-corrected chi connectivity index (χ1v) is 7.45. The van der Waals surface area contributed by atoms with E-state index in [1.165, 1.54) is 4.88 Å². The summed E-state index contributed by atoms with van der Waals surface area (Å²) < 4.78 is 4.05. The smallest absolute Gasteiger partial charge is 0.159 e. The van der Waals surface area contributed by atoms with Gasteiger partial charge >= 0.3 is 0 Å². The van der Waals surface area contributed by atoms with Gasteiger partial charge in [-0.15, -0.1) is 22.9 Å². The summed E-state index contributed by atoms with van der Waals surface area (Å²) in [6, 6.07) is 4.19. The summed E-state index contributed by atoms with van der Waals surface area (Å²) in [4.78, 5) is 5.95. The van der Waals surface area contributed by atoms with Crippen molar-refractivity contribution in [2.75, 3.05) is 0 Å². The van der Waals surface area contributed by atoms with Crippen LogP contribution in [0.15, 0.2) is 17.5 Å². The van der Waals surface area contributed by atoms with Gasteiger partial charge in [0.05, 0.1) is 17.6 Å². The predicted molar refractivity (Wildman–Crippen MR) is 78.9 cm³/mol. The fraction of sp³-hybridized carbons (Fsp3) is 0.385. The molecular formula is C13H15ClN4S. The van der Waals surface area contributed by atoms with Crippen LogP contribution in [0, 0.1) is 6.92 Å². The van der Waals surface area contributed by atoms with Gasteiger partial charge in [-0.1, -0.05) is 6.07 Å². The summed E-state index contributed by atoms with van der Waals surface area (Å²) in [5.74, 6) is 0.904. The van der Waals surface area contributed by atoms with Crippen LogP contribution in [0.5, 0.6) is 0 Å². The fourth-order valence-corrected chi connectivity index (χ4v) is 3.23. The summed E-state index contributed by atoms with van der Waals surface area (Å²) in [7, 11) is 1.95. The Balaban J connectivity index is 2.21. The van der Waals surface area contributed by atoms with E-state index in [4.69, 9.17) is 11.6 Å². The van der Waals surface area contributed by atoms with Crippen LogP contribution in [-0.2, 0) is 13.6 Å². The number of thiophene rings is 1. The molecule has 0 spiro atoms. The molecule has 0 aliphatic rings. The van der Waals surface area contributed by atoms with Crippen molar-refractivity contribution in [2.24, 2.45) is 7.05 Å². The highest BCUT2D eigenvalue weighted by molar-refractivity contribution is 7.09. The molecule has 0 fully saturated rings. The van der Waals surface area contributed by atoms with Crippen molar-refractivity contribution in [2.45, 2.75) is 25.8 Å². The van der Waals surface area contributed by atoms with E-state index in [0.29, 0.717) is 0 Å². The Labute approximate surface area is 120 Å². The van der Waals surface area contributed by atoms with Crippen LogP contribution in [0.4, 0.5) is 0 Å². The molecule has 3 heterocycles. The molecule has 3 aromatic heterocycles. The van der Waals surface area contributed by atoms with Gasteiger partial charge in [-0.05, 0) is 25.3 Å². The number of fused-ring (bicyclic) bond motifs is 1. The number of rotatable bonds is 3. The third-order valence-corrected chi connectivity index (χ3v) is 4.23. The number of nitrogens with zero attached hydrogens (tertiary/aromatic N) is 4. The van der Waals surface area contributed by atoms with Crippen LogP contribution in [0.25, 0.3) is 11.2 Å². The molecule has 4 nitrogen and oxygen atoms in total. The fourth-order valence-electron chi connectivity index (χ4n) is 2.37. The molecule has 19 heavy (non-hydrogen) atoms. The number of alkyl halides is 1. The minimum absolute atomic E-state index is 0.119. The summed E-state index contributed by atoms with van der Waals surface area (Å²) >= 11 is 8.01. The number of aryl methyl sites for hydroxylation is 2. The van der Waals surface area contributed by atoms with Crippen LogP contribution in [-0.4, -0.2) is 19.3 Å². The molecule has 0 saturated heterocycles. The molecule has 1 atom stereocenters. The zero-order valence-corrected chi connectivity index (χ0v) is 12.7. The molecule has 0 aliphatic heterocycles. The van der Waals surface area contributed by atoms with E-state index in [-0.39, 0.29) is 5.38 Å². The van der Waals surface area contributed by atoms with Crippen LogP contribution in [0.1, 0.15) is 28.7 Å². The minimum atomic E-state index is -0.119. The van der Waals surface area contributed by atoms with Crippen LogP contribution in [0.3, 0.4) is 0 Å². The van der Waals surface area contributed by atoms with Gasteiger partial charge in [-0.2, -0.15) is 5.10 Å². The summed E-state index contributed by atoms with van der Waals surface area (Å²) in [5, 5.41) is 6.40. The number of hydrogen-bond donors (Lipinski definition) is 0. The van der Waals surface area contributed by atoms with Gasteiger partial charge in [0.15, 0.2) is 5.65 Å². The molecule has 0 radical (unpaired) electrons. The van der Waals surface area contributed by atoms with Crippen LogP contribution in [0.2, 0.25) is 0 Å². The Bertz CT molecular complexity index is 709. The third-order valence-electron chi connectivity index (χ3n) is 3.17. The minimum Gasteiger partial charge on any atom is -0.306 e. The SMILES string of the molecule is Cc1nn(C)c2c1nc(C(C)Cl)n2Cc1cccs1. The van der Waals surface area contributed by atoms with E-state index in [1.807, 2.05) is 25.6 Å².